The lowest BCUT2D eigenvalue weighted by Crippen LogP contribution is -2.44. The van der Waals surface area contributed by atoms with Crippen LogP contribution in [0.4, 0.5) is 0 Å². The van der Waals surface area contributed by atoms with Gasteiger partial charge in [0.1, 0.15) is 5.78 Å². The van der Waals surface area contributed by atoms with Gasteiger partial charge in [0.15, 0.2) is 5.41 Å². The van der Waals surface area contributed by atoms with Gasteiger partial charge in [0, 0.05) is 6.42 Å². The summed E-state index contributed by atoms with van der Waals surface area (Å²) in [6.07, 6.45) is 0.499. The molecule has 0 spiro atoms. The van der Waals surface area contributed by atoms with Crippen LogP contribution in [0.15, 0.2) is 0 Å². The first kappa shape index (κ1) is 15.6. The number of Topliss-reactive ketones (excluding diaryl/α,β-unsaturated/α-hetero) is 1. The minimum absolute atomic E-state index is 0.0676. The predicted octanol–water partition coefficient (Wildman–Crippen LogP) is 1.65. The molecule has 1 N–H and O–H groups in total. The van der Waals surface area contributed by atoms with Crippen molar-refractivity contribution in [2.24, 2.45) is 11.3 Å². The molecule has 0 aromatic rings. The number of carboxylic acid groups (broad SMARTS) is 1. The zero-order valence-electron chi connectivity index (χ0n) is 10.8. The molecule has 2 atom stereocenters. The minimum atomic E-state index is -1.66. The fraction of sp³-hybridized carbons (Fsp3) is 0.750. The van der Waals surface area contributed by atoms with E-state index in [1.807, 2.05) is 0 Å². The van der Waals surface area contributed by atoms with E-state index < -0.39 is 23.3 Å². The molecule has 0 amide bonds. The Labute approximate surface area is 101 Å². The smallest absolute Gasteiger partial charge is 0.323 e. The highest BCUT2D eigenvalue weighted by molar-refractivity contribution is 5.99. The Morgan fingerprint density at radius 2 is 1.82 bits per heavy atom. The fourth-order valence-electron chi connectivity index (χ4n) is 1.81. The third-order valence-electron chi connectivity index (χ3n) is 2.99. The number of rotatable bonds is 7. The van der Waals surface area contributed by atoms with E-state index in [4.69, 9.17) is 4.74 Å². The van der Waals surface area contributed by atoms with E-state index >= 15 is 0 Å². The van der Waals surface area contributed by atoms with E-state index in [0.29, 0.717) is 6.42 Å². The van der Waals surface area contributed by atoms with Crippen molar-refractivity contribution in [1.82, 2.24) is 0 Å². The fourth-order valence-corrected chi connectivity index (χ4v) is 1.81. The summed E-state index contributed by atoms with van der Waals surface area (Å²) in [5, 5.41) is 9.23. The first-order chi connectivity index (χ1) is 7.80. The van der Waals surface area contributed by atoms with Crippen molar-refractivity contribution >= 4 is 17.7 Å². The summed E-state index contributed by atoms with van der Waals surface area (Å²) in [5.74, 6) is -2.70. The Morgan fingerprint density at radius 1 is 1.29 bits per heavy atom. The molecule has 0 fully saturated rings. The van der Waals surface area contributed by atoms with E-state index in [9.17, 15) is 19.5 Å². The van der Waals surface area contributed by atoms with Gasteiger partial charge < -0.3 is 14.6 Å². The number of carbonyl (C=O) groups excluding carboxylic acids is 2. The topological polar surface area (TPSA) is 80.7 Å². The van der Waals surface area contributed by atoms with Crippen molar-refractivity contribution in [2.45, 2.75) is 40.5 Å². The molecule has 17 heavy (non-hydrogen) atoms. The highest BCUT2D eigenvalue weighted by atomic mass is 16.5. The standard InChI is InChI=1S/C12H20O5/c1-5-9(7-8(3)13)12(4,10(14)15)11(16)17-6-2/h9H,5-7H2,1-4H3,(H,14,15). The first-order valence-corrected chi connectivity index (χ1v) is 5.70. The van der Waals surface area contributed by atoms with Crippen LogP contribution in [0.2, 0.25) is 0 Å². The lowest BCUT2D eigenvalue weighted by molar-refractivity contribution is -0.172. The van der Waals surface area contributed by atoms with E-state index in [2.05, 4.69) is 0 Å². The van der Waals surface area contributed by atoms with Crippen LogP contribution < -0.4 is 0 Å². The van der Waals surface area contributed by atoms with Gasteiger partial charge in [0.05, 0.1) is 6.61 Å². The summed E-state index contributed by atoms with van der Waals surface area (Å²) in [6.45, 7) is 6.21. The van der Waals surface area contributed by atoms with Crippen LogP contribution in [-0.2, 0) is 19.1 Å². The number of ketones is 1. The molecule has 0 aromatic heterocycles. The number of carbonyl (C=O) groups is 3. The average molecular weight is 244 g/mol. The number of ether oxygens (including phenoxy) is 1. The molecule has 0 heterocycles. The summed E-state index contributed by atoms with van der Waals surface area (Å²) in [6, 6.07) is 0. The summed E-state index contributed by atoms with van der Waals surface area (Å²) in [7, 11) is 0. The number of esters is 1. The molecule has 0 aliphatic carbocycles. The first-order valence-electron chi connectivity index (χ1n) is 5.70. The molecular formula is C12H20O5. The molecule has 2 unspecified atom stereocenters. The van der Waals surface area contributed by atoms with Crippen LogP contribution >= 0.6 is 0 Å². The second-order valence-electron chi connectivity index (χ2n) is 4.24. The Bertz CT molecular complexity index is 310. The van der Waals surface area contributed by atoms with Gasteiger partial charge in [0.25, 0.3) is 0 Å². The zero-order valence-corrected chi connectivity index (χ0v) is 10.8. The molecule has 0 saturated carbocycles. The Morgan fingerprint density at radius 3 is 2.12 bits per heavy atom. The zero-order chi connectivity index (χ0) is 13.6. The second kappa shape index (κ2) is 6.37. The maximum absolute atomic E-state index is 11.8. The SMILES string of the molecule is CCOC(=O)C(C)(C(=O)O)C(CC)CC(C)=O. The average Bonchev–Trinajstić information content (AvgIpc) is 2.24. The third-order valence-corrected chi connectivity index (χ3v) is 2.99. The Balaban J connectivity index is 5.22. The quantitative estimate of drug-likeness (QED) is 0.544. The molecule has 0 saturated heterocycles. The molecule has 0 bridgehead atoms. The number of carboxylic acids is 1. The van der Waals surface area contributed by atoms with E-state index in [0.717, 1.165) is 0 Å². The monoisotopic (exact) mass is 244 g/mol. The van der Waals surface area contributed by atoms with Gasteiger partial charge in [-0.2, -0.15) is 0 Å². The van der Waals surface area contributed by atoms with Gasteiger partial charge in [0.2, 0.25) is 0 Å². The second-order valence-corrected chi connectivity index (χ2v) is 4.24. The Hall–Kier alpha value is -1.39. The van der Waals surface area contributed by atoms with Crippen LogP contribution in [0.1, 0.15) is 40.5 Å². The number of hydrogen-bond donors (Lipinski definition) is 1. The highest BCUT2D eigenvalue weighted by Crippen LogP contribution is 2.34. The van der Waals surface area contributed by atoms with Crippen LogP contribution in [0.3, 0.4) is 0 Å². The van der Waals surface area contributed by atoms with Crippen molar-refractivity contribution in [1.29, 1.82) is 0 Å². The molecule has 0 rings (SSSR count). The Kier molecular flexibility index (Phi) is 5.85. The van der Waals surface area contributed by atoms with Crippen molar-refractivity contribution in [2.75, 3.05) is 6.61 Å². The molecular weight excluding hydrogens is 224 g/mol. The van der Waals surface area contributed by atoms with Crippen molar-refractivity contribution in [3.05, 3.63) is 0 Å². The van der Waals surface area contributed by atoms with Gasteiger partial charge in [-0.05, 0) is 26.7 Å². The number of hydrogen-bond acceptors (Lipinski definition) is 4. The molecule has 0 aliphatic heterocycles. The number of aliphatic carboxylic acids is 1. The minimum Gasteiger partial charge on any atom is -0.480 e. The molecule has 5 nitrogen and oxygen atoms in total. The lowest BCUT2D eigenvalue weighted by Gasteiger charge is -2.30. The molecule has 0 aromatic carbocycles. The highest BCUT2D eigenvalue weighted by Gasteiger charge is 2.49. The van der Waals surface area contributed by atoms with Crippen molar-refractivity contribution in [3.63, 3.8) is 0 Å². The predicted molar refractivity (Wildman–Crippen MR) is 61.5 cm³/mol. The van der Waals surface area contributed by atoms with Crippen molar-refractivity contribution in [3.8, 4) is 0 Å². The largest absolute Gasteiger partial charge is 0.480 e. The summed E-state index contributed by atoms with van der Waals surface area (Å²) in [4.78, 5) is 34.2. The molecule has 0 aliphatic rings. The van der Waals surface area contributed by atoms with E-state index in [1.54, 1.807) is 13.8 Å². The maximum atomic E-state index is 11.8. The van der Waals surface area contributed by atoms with Gasteiger partial charge in [-0.1, -0.05) is 13.3 Å². The van der Waals surface area contributed by atoms with Gasteiger partial charge in [-0.25, -0.2) is 0 Å². The van der Waals surface area contributed by atoms with E-state index in [-0.39, 0.29) is 18.8 Å². The van der Waals surface area contributed by atoms with Gasteiger partial charge in [-0.15, -0.1) is 0 Å². The lowest BCUT2D eigenvalue weighted by atomic mass is 9.73. The normalized spacial score (nSPS) is 15.8. The van der Waals surface area contributed by atoms with Crippen LogP contribution in [0, 0.1) is 11.3 Å². The van der Waals surface area contributed by atoms with Crippen LogP contribution in [0.25, 0.3) is 0 Å². The molecule has 0 radical (unpaired) electrons. The van der Waals surface area contributed by atoms with Gasteiger partial charge in [-0.3, -0.25) is 9.59 Å². The summed E-state index contributed by atoms with van der Waals surface area (Å²) >= 11 is 0. The van der Waals surface area contributed by atoms with Crippen molar-refractivity contribution < 1.29 is 24.2 Å². The summed E-state index contributed by atoms with van der Waals surface area (Å²) in [5.41, 5.74) is -1.66. The van der Waals surface area contributed by atoms with Crippen LogP contribution in [-0.4, -0.2) is 29.4 Å². The van der Waals surface area contributed by atoms with Crippen LogP contribution in [0.5, 0.6) is 0 Å². The molecule has 98 valence electrons. The van der Waals surface area contributed by atoms with E-state index in [1.165, 1.54) is 13.8 Å². The maximum Gasteiger partial charge on any atom is 0.323 e. The summed E-state index contributed by atoms with van der Waals surface area (Å²) < 4.78 is 4.80. The van der Waals surface area contributed by atoms with Gasteiger partial charge >= 0.3 is 11.9 Å². The third kappa shape index (κ3) is 3.54. The molecule has 5 heteroatoms.